The quantitative estimate of drug-likeness (QED) is 0.627. The number of aromatic nitrogens is 5. The van der Waals surface area contributed by atoms with Crippen molar-refractivity contribution in [3.63, 3.8) is 0 Å². The van der Waals surface area contributed by atoms with E-state index in [1.807, 2.05) is 48.5 Å². The van der Waals surface area contributed by atoms with Crippen molar-refractivity contribution in [2.45, 2.75) is 0 Å². The number of hydrogen-bond donors (Lipinski definition) is 1. The van der Waals surface area contributed by atoms with Crippen LogP contribution in [0.4, 0.5) is 11.6 Å². The molecular weight excluding hydrogens is 276 g/mol. The van der Waals surface area contributed by atoms with E-state index in [4.69, 9.17) is 0 Å². The zero-order valence-electron chi connectivity index (χ0n) is 11.6. The standard InChI is InChI=1S/C16H12N6/c1-2-5-12(6-3-1)20-16-17-10-8-14(21-16)13-11-19-22-15(13)7-4-9-18-22/h1-11H,(H,17,20,21). The summed E-state index contributed by atoms with van der Waals surface area (Å²) in [5, 5.41) is 11.6. The average molecular weight is 288 g/mol. The van der Waals surface area contributed by atoms with Gasteiger partial charge in [-0.3, -0.25) is 0 Å². The van der Waals surface area contributed by atoms with Crippen molar-refractivity contribution in [3.05, 3.63) is 67.1 Å². The number of fused-ring (bicyclic) bond motifs is 1. The minimum Gasteiger partial charge on any atom is -0.324 e. The molecule has 0 spiro atoms. The van der Waals surface area contributed by atoms with Gasteiger partial charge in [0, 0.05) is 23.6 Å². The Morgan fingerprint density at radius 3 is 2.68 bits per heavy atom. The molecule has 6 nitrogen and oxygen atoms in total. The van der Waals surface area contributed by atoms with Crippen molar-refractivity contribution in [1.29, 1.82) is 0 Å². The lowest BCUT2D eigenvalue weighted by Gasteiger charge is -2.05. The number of para-hydroxylation sites is 1. The predicted octanol–water partition coefficient (Wildman–Crippen LogP) is 2.93. The van der Waals surface area contributed by atoms with Crippen molar-refractivity contribution >= 4 is 17.2 Å². The third-order valence-electron chi connectivity index (χ3n) is 3.27. The zero-order chi connectivity index (χ0) is 14.8. The fourth-order valence-electron chi connectivity index (χ4n) is 2.25. The van der Waals surface area contributed by atoms with Crippen molar-refractivity contribution in [2.24, 2.45) is 0 Å². The summed E-state index contributed by atoms with van der Waals surface area (Å²) in [6.45, 7) is 0. The van der Waals surface area contributed by atoms with E-state index in [0.29, 0.717) is 5.95 Å². The van der Waals surface area contributed by atoms with Gasteiger partial charge in [0.05, 0.1) is 17.4 Å². The molecule has 0 aliphatic heterocycles. The van der Waals surface area contributed by atoms with Gasteiger partial charge in [0.25, 0.3) is 0 Å². The number of benzene rings is 1. The number of nitrogens with zero attached hydrogens (tertiary/aromatic N) is 5. The highest BCUT2D eigenvalue weighted by Crippen LogP contribution is 2.23. The smallest absolute Gasteiger partial charge is 0.227 e. The van der Waals surface area contributed by atoms with Gasteiger partial charge in [0.2, 0.25) is 5.95 Å². The maximum absolute atomic E-state index is 4.56. The maximum Gasteiger partial charge on any atom is 0.227 e. The predicted molar refractivity (Wildman–Crippen MR) is 83.7 cm³/mol. The highest BCUT2D eigenvalue weighted by atomic mass is 15.4. The highest BCUT2D eigenvalue weighted by molar-refractivity contribution is 5.77. The van der Waals surface area contributed by atoms with Crippen molar-refractivity contribution in [1.82, 2.24) is 24.8 Å². The van der Waals surface area contributed by atoms with Crippen LogP contribution in [0.15, 0.2) is 67.1 Å². The summed E-state index contributed by atoms with van der Waals surface area (Å²) in [4.78, 5) is 8.82. The van der Waals surface area contributed by atoms with Crippen LogP contribution < -0.4 is 5.32 Å². The third kappa shape index (κ3) is 2.26. The highest BCUT2D eigenvalue weighted by Gasteiger charge is 2.09. The molecule has 6 heteroatoms. The summed E-state index contributed by atoms with van der Waals surface area (Å²) < 4.78 is 1.59. The molecule has 0 radical (unpaired) electrons. The summed E-state index contributed by atoms with van der Waals surface area (Å²) in [5.74, 6) is 0.548. The van der Waals surface area contributed by atoms with E-state index in [1.165, 1.54) is 0 Å². The molecule has 106 valence electrons. The summed E-state index contributed by atoms with van der Waals surface area (Å²) >= 11 is 0. The van der Waals surface area contributed by atoms with Gasteiger partial charge in [-0.1, -0.05) is 18.2 Å². The van der Waals surface area contributed by atoms with Crippen LogP contribution in [-0.4, -0.2) is 24.8 Å². The molecule has 3 aromatic heterocycles. The Labute approximate surface area is 126 Å². The molecule has 0 saturated heterocycles. The van der Waals surface area contributed by atoms with Crippen molar-refractivity contribution in [3.8, 4) is 11.3 Å². The lowest BCUT2D eigenvalue weighted by molar-refractivity contribution is 0.800. The van der Waals surface area contributed by atoms with E-state index < -0.39 is 0 Å². The Kier molecular flexibility index (Phi) is 2.97. The van der Waals surface area contributed by atoms with E-state index in [2.05, 4.69) is 25.5 Å². The van der Waals surface area contributed by atoms with E-state index in [9.17, 15) is 0 Å². The van der Waals surface area contributed by atoms with Crippen molar-refractivity contribution in [2.75, 3.05) is 5.32 Å². The second kappa shape index (κ2) is 5.25. The number of anilines is 2. The first-order valence-electron chi connectivity index (χ1n) is 6.85. The summed E-state index contributed by atoms with van der Waals surface area (Å²) in [6, 6.07) is 15.5. The monoisotopic (exact) mass is 288 g/mol. The van der Waals surface area contributed by atoms with Crippen LogP contribution in [0.1, 0.15) is 0 Å². The van der Waals surface area contributed by atoms with Gasteiger partial charge in [0.1, 0.15) is 0 Å². The SMILES string of the molecule is c1ccc(Nc2nccc(-c3cnn4ncccc34)n2)cc1. The molecule has 1 aromatic carbocycles. The summed E-state index contributed by atoms with van der Waals surface area (Å²) in [7, 11) is 0. The average Bonchev–Trinajstić information content (AvgIpc) is 3.00. The molecule has 0 bridgehead atoms. The van der Waals surface area contributed by atoms with Crippen molar-refractivity contribution < 1.29 is 0 Å². The molecule has 4 rings (SSSR count). The van der Waals surface area contributed by atoms with Gasteiger partial charge in [-0.15, -0.1) is 0 Å². The number of rotatable bonds is 3. The van der Waals surface area contributed by atoms with Gasteiger partial charge in [-0.25, -0.2) is 9.97 Å². The van der Waals surface area contributed by atoms with E-state index in [0.717, 1.165) is 22.5 Å². The molecule has 0 fully saturated rings. The first-order valence-corrected chi connectivity index (χ1v) is 6.85. The first-order chi connectivity index (χ1) is 10.9. The zero-order valence-corrected chi connectivity index (χ0v) is 11.6. The van der Waals surface area contributed by atoms with Gasteiger partial charge in [-0.05, 0) is 30.3 Å². The molecule has 0 saturated carbocycles. The van der Waals surface area contributed by atoms with Gasteiger partial charge in [0.15, 0.2) is 0 Å². The van der Waals surface area contributed by atoms with Crippen LogP contribution in [0.2, 0.25) is 0 Å². The number of hydrogen-bond acceptors (Lipinski definition) is 5. The lowest BCUT2D eigenvalue weighted by Crippen LogP contribution is -1.97. The first kappa shape index (κ1) is 12.5. The molecule has 22 heavy (non-hydrogen) atoms. The molecule has 0 aliphatic carbocycles. The molecule has 0 aliphatic rings. The second-order valence-electron chi connectivity index (χ2n) is 4.71. The van der Waals surface area contributed by atoms with Crippen LogP contribution in [0, 0.1) is 0 Å². The molecule has 0 unspecified atom stereocenters. The Morgan fingerprint density at radius 1 is 0.864 bits per heavy atom. The Hall–Kier alpha value is -3.28. The normalized spacial score (nSPS) is 10.7. The van der Waals surface area contributed by atoms with Gasteiger partial charge < -0.3 is 5.32 Å². The molecule has 1 N–H and O–H groups in total. The molecular formula is C16H12N6. The van der Waals surface area contributed by atoms with Gasteiger partial charge in [-0.2, -0.15) is 14.8 Å². The molecule has 3 heterocycles. The topological polar surface area (TPSA) is 68.0 Å². The van der Waals surface area contributed by atoms with E-state index in [-0.39, 0.29) is 0 Å². The summed E-state index contributed by atoms with van der Waals surface area (Å²) in [5.41, 5.74) is 3.58. The minimum atomic E-state index is 0.548. The second-order valence-corrected chi connectivity index (χ2v) is 4.71. The van der Waals surface area contributed by atoms with E-state index in [1.54, 1.807) is 23.2 Å². The van der Waals surface area contributed by atoms with Crippen LogP contribution >= 0.6 is 0 Å². The fraction of sp³-hybridized carbons (Fsp3) is 0. The summed E-state index contributed by atoms with van der Waals surface area (Å²) in [6.07, 6.45) is 5.19. The van der Waals surface area contributed by atoms with Crippen LogP contribution in [0.3, 0.4) is 0 Å². The van der Waals surface area contributed by atoms with Crippen LogP contribution in [0.25, 0.3) is 16.8 Å². The Balaban J connectivity index is 1.73. The largest absolute Gasteiger partial charge is 0.324 e. The number of nitrogens with one attached hydrogen (secondary N) is 1. The van der Waals surface area contributed by atoms with E-state index >= 15 is 0 Å². The minimum absolute atomic E-state index is 0.548. The van der Waals surface area contributed by atoms with Crippen LogP contribution in [0.5, 0.6) is 0 Å². The Bertz CT molecular complexity index is 916. The van der Waals surface area contributed by atoms with Gasteiger partial charge >= 0.3 is 0 Å². The third-order valence-corrected chi connectivity index (χ3v) is 3.27. The molecule has 4 aromatic rings. The fourth-order valence-corrected chi connectivity index (χ4v) is 2.25. The molecule has 0 amide bonds. The van der Waals surface area contributed by atoms with Crippen LogP contribution in [-0.2, 0) is 0 Å². The molecule has 0 atom stereocenters. The Morgan fingerprint density at radius 2 is 1.77 bits per heavy atom. The lowest BCUT2D eigenvalue weighted by atomic mass is 10.2. The maximum atomic E-state index is 4.56.